The molecule has 20 heavy (non-hydrogen) atoms. The van der Waals surface area contributed by atoms with Crippen LogP contribution in [0.3, 0.4) is 0 Å². The lowest BCUT2D eigenvalue weighted by Crippen LogP contribution is -2.76. The average Bonchev–Trinajstić information content (AvgIpc) is 2.34. The molecule has 0 saturated heterocycles. The second kappa shape index (κ2) is 4.45. The summed E-state index contributed by atoms with van der Waals surface area (Å²) in [6.45, 7) is 7.99. The number of carbonyl (C=O) groups is 1. The molecule has 2 rings (SSSR count). The van der Waals surface area contributed by atoms with Crippen molar-refractivity contribution in [3.05, 3.63) is 29.6 Å². The van der Waals surface area contributed by atoms with Crippen LogP contribution in [-0.2, 0) is 0 Å². The Labute approximate surface area is 118 Å². The minimum Gasteiger partial charge on any atom is -0.507 e. The zero-order chi connectivity index (χ0) is 15.3. The van der Waals surface area contributed by atoms with Crippen LogP contribution in [0.4, 0.5) is 4.39 Å². The Balaban J connectivity index is 2.20. The van der Waals surface area contributed by atoms with Gasteiger partial charge in [0.15, 0.2) is 0 Å². The number of hydrogen-bond acceptors (Lipinski definition) is 3. The summed E-state index contributed by atoms with van der Waals surface area (Å²) >= 11 is 0. The van der Waals surface area contributed by atoms with Gasteiger partial charge in [0.25, 0.3) is 5.91 Å². The molecule has 0 unspecified atom stereocenters. The second-order valence-electron chi connectivity index (χ2n) is 6.69. The predicted molar refractivity (Wildman–Crippen MR) is 74.9 cm³/mol. The molecule has 1 aliphatic carbocycles. The van der Waals surface area contributed by atoms with Crippen molar-refractivity contribution in [3.63, 3.8) is 0 Å². The normalized spacial score (nSPS) is 26.7. The molecule has 110 valence electrons. The summed E-state index contributed by atoms with van der Waals surface area (Å²) in [7, 11) is 0. The minimum atomic E-state index is -0.578. The molecular weight excluding hydrogens is 259 g/mol. The first-order valence-corrected chi connectivity index (χ1v) is 6.63. The fourth-order valence-corrected chi connectivity index (χ4v) is 3.46. The van der Waals surface area contributed by atoms with Crippen LogP contribution < -0.4 is 11.1 Å². The molecule has 0 spiro atoms. The Morgan fingerprint density at radius 3 is 2.35 bits per heavy atom. The van der Waals surface area contributed by atoms with E-state index in [1.165, 1.54) is 6.07 Å². The van der Waals surface area contributed by atoms with Gasteiger partial charge in [-0.3, -0.25) is 4.79 Å². The molecule has 0 aromatic heterocycles. The van der Waals surface area contributed by atoms with E-state index in [2.05, 4.69) is 5.32 Å². The summed E-state index contributed by atoms with van der Waals surface area (Å²) in [5, 5.41) is 12.6. The maximum atomic E-state index is 12.9. The van der Waals surface area contributed by atoms with Gasteiger partial charge in [-0.15, -0.1) is 0 Å². The number of nitrogens with one attached hydrogen (secondary N) is 1. The Morgan fingerprint density at radius 1 is 1.30 bits per heavy atom. The van der Waals surface area contributed by atoms with Gasteiger partial charge in [0.2, 0.25) is 0 Å². The highest BCUT2D eigenvalue weighted by Gasteiger charge is 2.60. The summed E-state index contributed by atoms with van der Waals surface area (Å²) in [5.74, 6) is -1.35. The molecule has 0 atom stereocenters. The summed E-state index contributed by atoms with van der Waals surface area (Å²) in [4.78, 5) is 12.2. The molecule has 1 aromatic rings. The molecule has 1 fully saturated rings. The van der Waals surface area contributed by atoms with Gasteiger partial charge in [-0.25, -0.2) is 4.39 Å². The van der Waals surface area contributed by atoms with Crippen molar-refractivity contribution >= 4 is 5.91 Å². The molecular formula is C15H21FN2O2. The first-order valence-electron chi connectivity index (χ1n) is 6.63. The highest BCUT2D eigenvalue weighted by atomic mass is 19.1. The van der Waals surface area contributed by atoms with Crippen molar-refractivity contribution in [1.82, 2.24) is 5.32 Å². The van der Waals surface area contributed by atoms with Crippen LogP contribution in [0.2, 0.25) is 0 Å². The maximum Gasteiger partial charge on any atom is 0.255 e. The lowest BCUT2D eigenvalue weighted by atomic mass is 9.48. The van der Waals surface area contributed by atoms with Gasteiger partial charge in [0.05, 0.1) is 5.56 Å². The van der Waals surface area contributed by atoms with E-state index in [0.717, 1.165) is 12.1 Å². The first kappa shape index (κ1) is 14.8. The lowest BCUT2D eigenvalue weighted by molar-refractivity contribution is -0.0663. The first-order chi connectivity index (χ1) is 9.08. The Morgan fingerprint density at radius 2 is 1.85 bits per heavy atom. The highest BCUT2D eigenvalue weighted by molar-refractivity contribution is 5.97. The zero-order valence-corrected chi connectivity index (χ0v) is 12.2. The summed E-state index contributed by atoms with van der Waals surface area (Å²) in [6, 6.07) is 3.22. The summed E-state index contributed by atoms with van der Waals surface area (Å²) in [6.07, 6.45) is 0. The van der Waals surface area contributed by atoms with Gasteiger partial charge >= 0.3 is 0 Å². The summed E-state index contributed by atoms with van der Waals surface area (Å²) in [5.41, 5.74) is 5.75. The van der Waals surface area contributed by atoms with Crippen LogP contribution in [0.5, 0.6) is 5.75 Å². The van der Waals surface area contributed by atoms with E-state index >= 15 is 0 Å². The molecule has 1 saturated carbocycles. The zero-order valence-electron chi connectivity index (χ0n) is 12.2. The summed E-state index contributed by atoms with van der Waals surface area (Å²) < 4.78 is 12.9. The topological polar surface area (TPSA) is 75.3 Å². The van der Waals surface area contributed by atoms with E-state index < -0.39 is 11.7 Å². The number of halogens is 1. The van der Waals surface area contributed by atoms with Crippen molar-refractivity contribution in [3.8, 4) is 5.75 Å². The van der Waals surface area contributed by atoms with Crippen LogP contribution >= 0.6 is 0 Å². The molecule has 1 aromatic carbocycles. The quantitative estimate of drug-likeness (QED) is 0.776. The Kier molecular flexibility index (Phi) is 3.29. The molecule has 5 heteroatoms. The minimum absolute atomic E-state index is 0.0258. The molecule has 4 N–H and O–H groups in total. The van der Waals surface area contributed by atoms with Crippen molar-refractivity contribution in [2.75, 3.05) is 0 Å². The number of amides is 1. The second-order valence-corrected chi connectivity index (χ2v) is 6.69. The van der Waals surface area contributed by atoms with E-state index in [4.69, 9.17) is 5.73 Å². The molecule has 0 aliphatic heterocycles. The third-order valence-electron chi connectivity index (χ3n) is 4.57. The van der Waals surface area contributed by atoms with E-state index in [-0.39, 0.29) is 34.2 Å². The molecule has 0 radical (unpaired) electrons. The van der Waals surface area contributed by atoms with E-state index in [9.17, 15) is 14.3 Å². The van der Waals surface area contributed by atoms with Gasteiger partial charge in [0.1, 0.15) is 11.6 Å². The number of aromatic hydroxyl groups is 1. The van der Waals surface area contributed by atoms with Crippen LogP contribution in [0.15, 0.2) is 18.2 Å². The highest BCUT2D eigenvalue weighted by Crippen LogP contribution is 2.52. The Hall–Kier alpha value is -1.62. The number of benzene rings is 1. The fourth-order valence-electron chi connectivity index (χ4n) is 3.46. The standard InChI is InChI=1S/C15H21FN2O2/c1-14(2)12(17)15(3,4)13(14)18-11(20)9-6-5-8(16)7-10(9)19/h5-7,12-13,19H,17H2,1-4H3,(H,18,20). The number of hydrogen-bond donors (Lipinski definition) is 3. The SMILES string of the molecule is CC1(C)C(N)C(C)(C)C1NC(=O)c1ccc(F)cc1O. The van der Waals surface area contributed by atoms with Gasteiger partial charge in [0, 0.05) is 29.0 Å². The van der Waals surface area contributed by atoms with E-state index in [1.54, 1.807) is 0 Å². The molecule has 4 nitrogen and oxygen atoms in total. The van der Waals surface area contributed by atoms with Crippen LogP contribution in [0, 0.1) is 16.6 Å². The third kappa shape index (κ3) is 2.06. The number of carbonyl (C=O) groups excluding carboxylic acids is 1. The van der Waals surface area contributed by atoms with Crippen molar-refractivity contribution < 1.29 is 14.3 Å². The maximum absolute atomic E-state index is 12.9. The number of nitrogens with two attached hydrogens (primary N) is 1. The lowest BCUT2D eigenvalue weighted by Gasteiger charge is -2.62. The largest absolute Gasteiger partial charge is 0.507 e. The van der Waals surface area contributed by atoms with Crippen LogP contribution in [-0.4, -0.2) is 23.1 Å². The molecule has 0 bridgehead atoms. The third-order valence-corrected chi connectivity index (χ3v) is 4.57. The predicted octanol–water partition coefficient (Wildman–Crippen LogP) is 2.02. The van der Waals surface area contributed by atoms with Crippen molar-refractivity contribution in [2.45, 2.75) is 39.8 Å². The van der Waals surface area contributed by atoms with Crippen LogP contribution in [0.25, 0.3) is 0 Å². The van der Waals surface area contributed by atoms with Crippen molar-refractivity contribution in [1.29, 1.82) is 0 Å². The van der Waals surface area contributed by atoms with Gasteiger partial charge in [-0.1, -0.05) is 27.7 Å². The monoisotopic (exact) mass is 280 g/mol. The van der Waals surface area contributed by atoms with Crippen LogP contribution in [0.1, 0.15) is 38.1 Å². The number of phenolic OH excluding ortho intramolecular Hbond substituents is 1. The smallest absolute Gasteiger partial charge is 0.255 e. The van der Waals surface area contributed by atoms with Gasteiger partial charge in [-0.2, -0.15) is 0 Å². The van der Waals surface area contributed by atoms with E-state index in [1.807, 2.05) is 27.7 Å². The average molecular weight is 280 g/mol. The number of rotatable bonds is 2. The molecule has 1 aliphatic rings. The van der Waals surface area contributed by atoms with E-state index in [0.29, 0.717) is 0 Å². The Bertz CT molecular complexity index is 539. The molecule has 1 amide bonds. The van der Waals surface area contributed by atoms with Gasteiger partial charge < -0.3 is 16.2 Å². The fraction of sp³-hybridized carbons (Fsp3) is 0.533. The van der Waals surface area contributed by atoms with Crippen molar-refractivity contribution in [2.24, 2.45) is 16.6 Å². The van der Waals surface area contributed by atoms with Gasteiger partial charge in [-0.05, 0) is 12.1 Å². The number of phenols is 1. The molecule has 0 heterocycles.